The molecule has 0 fully saturated rings. The molecule has 0 spiro atoms. The number of carbonyl (C=O) groups is 2. The van der Waals surface area contributed by atoms with Crippen LogP contribution in [0.15, 0.2) is 67.1 Å². The molecular formula is C24H20N4O3. The number of H-pyrrole nitrogens is 1. The summed E-state index contributed by atoms with van der Waals surface area (Å²) in [6.07, 6.45) is 5.99. The third-order valence-corrected chi connectivity index (χ3v) is 5.39. The van der Waals surface area contributed by atoms with E-state index < -0.39 is 11.7 Å². The van der Waals surface area contributed by atoms with E-state index >= 15 is 0 Å². The van der Waals surface area contributed by atoms with Gasteiger partial charge in [-0.25, -0.2) is 0 Å². The first-order valence-corrected chi connectivity index (χ1v) is 9.97. The van der Waals surface area contributed by atoms with Gasteiger partial charge in [0.05, 0.1) is 17.4 Å². The monoisotopic (exact) mass is 412 g/mol. The number of hydrogen-bond donors (Lipinski definition) is 3. The van der Waals surface area contributed by atoms with Crippen molar-refractivity contribution < 1.29 is 14.3 Å². The second-order valence-electron chi connectivity index (χ2n) is 7.59. The Hall–Kier alpha value is -3.97. The maximum atomic E-state index is 12.0. The number of ether oxygens (including phenoxy) is 1. The minimum absolute atomic E-state index is 0.183. The second kappa shape index (κ2) is 7.70. The number of amides is 1. The maximum absolute atomic E-state index is 12.0. The molecule has 5 rings (SSSR count). The molecule has 0 saturated heterocycles. The average molecular weight is 412 g/mol. The number of nitrogens with two attached hydrogens (primary N) is 1. The Balaban J connectivity index is 1.28. The number of nitrogens with one attached hydrogen (secondary N) is 2. The third kappa shape index (κ3) is 3.67. The number of aromatic nitrogens is 2. The quantitative estimate of drug-likeness (QED) is 0.421. The highest BCUT2D eigenvalue weighted by atomic mass is 16.5. The standard InChI is InChI=1S/C24H20N4O3/c25-17(7-16-11-27-21-4-2-1-3-19(16)21)13-31-18-8-15(10-26-12-18)14-5-6-22-20(9-14)23(29)24(30)28-22/h1-6,8-12,17,27H,7,13,25H2,(H,28,29,30)/t17-/m0/s1. The molecule has 1 atom stereocenters. The molecule has 0 saturated carbocycles. The largest absolute Gasteiger partial charge is 0.490 e. The van der Waals surface area contributed by atoms with Gasteiger partial charge in [0, 0.05) is 34.9 Å². The van der Waals surface area contributed by atoms with E-state index in [4.69, 9.17) is 10.5 Å². The van der Waals surface area contributed by atoms with Crippen LogP contribution in [0, 0.1) is 0 Å². The summed E-state index contributed by atoms with van der Waals surface area (Å²) in [5, 5.41) is 3.72. The number of anilines is 1. The predicted molar refractivity (Wildman–Crippen MR) is 118 cm³/mol. The zero-order chi connectivity index (χ0) is 21.4. The van der Waals surface area contributed by atoms with Crippen molar-refractivity contribution in [2.45, 2.75) is 12.5 Å². The van der Waals surface area contributed by atoms with E-state index in [1.165, 1.54) is 5.39 Å². The van der Waals surface area contributed by atoms with Crippen LogP contribution < -0.4 is 15.8 Å². The summed E-state index contributed by atoms with van der Waals surface area (Å²) >= 11 is 0. The van der Waals surface area contributed by atoms with Gasteiger partial charge in [0.2, 0.25) is 0 Å². The molecular weight excluding hydrogens is 392 g/mol. The SMILES string of the molecule is N[C@H](COc1cncc(-c2ccc3c(c2)C(=O)C(=O)N3)c1)Cc1c[nH]c2ccccc12. The zero-order valence-corrected chi connectivity index (χ0v) is 16.6. The highest BCUT2D eigenvalue weighted by Crippen LogP contribution is 2.30. The Kier molecular flexibility index (Phi) is 4.72. The number of nitrogens with zero attached hydrogens (tertiary/aromatic N) is 1. The molecule has 4 N–H and O–H groups in total. The summed E-state index contributed by atoms with van der Waals surface area (Å²) < 4.78 is 5.89. The van der Waals surface area contributed by atoms with Crippen molar-refractivity contribution in [1.29, 1.82) is 0 Å². The fourth-order valence-electron chi connectivity index (χ4n) is 3.82. The zero-order valence-electron chi connectivity index (χ0n) is 16.6. The smallest absolute Gasteiger partial charge is 0.296 e. The van der Waals surface area contributed by atoms with Gasteiger partial charge in [-0.2, -0.15) is 0 Å². The molecule has 0 unspecified atom stereocenters. The van der Waals surface area contributed by atoms with Crippen LogP contribution in [0.3, 0.4) is 0 Å². The molecule has 0 bridgehead atoms. The lowest BCUT2D eigenvalue weighted by Crippen LogP contribution is -2.30. The molecule has 2 aromatic carbocycles. The van der Waals surface area contributed by atoms with Gasteiger partial charge >= 0.3 is 0 Å². The number of para-hydroxylation sites is 1. The molecule has 1 aliphatic heterocycles. The van der Waals surface area contributed by atoms with Crippen LogP contribution in [-0.2, 0) is 11.2 Å². The number of Topliss-reactive ketones (excluding diaryl/α,β-unsaturated/α-hetero) is 1. The van der Waals surface area contributed by atoms with E-state index in [9.17, 15) is 9.59 Å². The normalized spacial score (nSPS) is 13.8. The van der Waals surface area contributed by atoms with Gasteiger partial charge in [0.1, 0.15) is 12.4 Å². The number of fused-ring (bicyclic) bond motifs is 2. The molecule has 0 radical (unpaired) electrons. The summed E-state index contributed by atoms with van der Waals surface area (Å²) in [7, 11) is 0. The summed E-state index contributed by atoms with van der Waals surface area (Å²) in [6.45, 7) is 0.339. The Morgan fingerprint density at radius 3 is 2.81 bits per heavy atom. The molecule has 31 heavy (non-hydrogen) atoms. The lowest BCUT2D eigenvalue weighted by molar-refractivity contribution is -0.112. The highest BCUT2D eigenvalue weighted by molar-refractivity contribution is 6.51. The Morgan fingerprint density at radius 1 is 1.03 bits per heavy atom. The van der Waals surface area contributed by atoms with E-state index in [2.05, 4.69) is 21.4 Å². The summed E-state index contributed by atoms with van der Waals surface area (Å²) in [5.74, 6) is -0.542. The van der Waals surface area contributed by atoms with Gasteiger partial charge in [-0.1, -0.05) is 24.3 Å². The minimum atomic E-state index is -0.605. The van der Waals surface area contributed by atoms with Gasteiger partial charge in [0.25, 0.3) is 11.7 Å². The van der Waals surface area contributed by atoms with Crippen LogP contribution >= 0.6 is 0 Å². The lowest BCUT2D eigenvalue weighted by atomic mass is 10.0. The summed E-state index contributed by atoms with van der Waals surface area (Å²) in [6, 6.07) is 15.0. The number of ketones is 1. The number of carbonyl (C=O) groups excluding carboxylic acids is 2. The highest BCUT2D eigenvalue weighted by Gasteiger charge is 2.28. The van der Waals surface area contributed by atoms with E-state index in [0.29, 0.717) is 30.0 Å². The van der Waals surface area contributed by atoms with Gasteiger partial charge < -0.3 is 20.8 Å². The van der Waals surface area contributed by atoms with Crippen molar-refractivity contribution in [2.24, 2.45) is 5.73 Å². The van der Waals surface area contributed by atoms with Gasteiger partial charge in [-0.15, -0.1) is 0 Å². The van der Waals surface area contributed by atoms with Crippen LogP contribution in [0.25, 0.3) is 22.0 Å². The van der Waals surface area contributed by atoms with Crippen molar-refractivity contribution >= 4 is 28.3 Å². The Morgan fingerprint density at radius 2 is 1.90 bits per heavy atom. The minimum Gasteiger partial charge on any atom is -0.490 e. The number of benzene rings is 2. The molecule has 7 nitrogen and oxygen atoms in total. The molecule has 4 aromatic rings. The van der Waals surface area contributed by atoms with E-state index in [1.807, 2.05) is 36.5 Å². The molecule has 3 heterocycles. The fourth-order valence-corrected chi connectivity index (χ4v) is 3.82. The second-order valence-corrected chi connectivity index (χ2v) is 7.59. The molecule has 154 valence electrons. The third-order valence-electron chi connectivity index (χ3n) is 5.39. The van der Waals surface area contributed by atoms with Crippen LogP contribution in [0.1, 0.15) is 15.9 Å². The first-order chi connectivity index (χ1) is 15.1. The number of hydrogen-bond acceptors (Lipinski definition) is 5. The predicted octanol–water partition coefficient (Wildman–Crippen LogP) is 3.31. The average Bonchev–Trinajstić information content (AvgIpc) is 3.33. The van der Waals surface area contributed by atoms with E-state index in [-0.39, 0.29) is 6.04 Å². The van der Waals surface area contributed by atoms with Crippen molar-refractivity contribution in [3.63, 3.8) is 0 Å². The van der Waals surface area contributed by atoms with Crippen molar-refractivity contribution in [3.8, 4) is 16.9 Å². The van der Waals surface area contributed by atoms with Gasteiger partial charge in [0.15, 0.2) is 0 Å². The van der Waals surface area contributed by atoms with Crippen molar-refractivity contribution in [3.05, 3.63) is 78.2 Å². The van der Waals surface area contributed by atoms with E-state index in [0.717, 1.165) is 22.2 Å². The van der Waals surface area contributed by atoms with Crippen LogP contribution in [0.4, 0.5) is 5.69 Å². The maximum Gasteiger partial charge on any atom is 0.296 e. The molecule has 0 aliphatic carbocycles. The number of pyridine rings is 1. The summed E-state index contributed by atoms with van der Waals surface area (Å²) in [5.41, 5.74) is 11.0. The number of aromatic amines is 1. The van der Waals surface area contributed by atoms with Crippen LogP contribution in [-0.4, -0.2) is 34.3 Å². The van der Waals surface area contributed by atoms with Crippen molar-refractivity contribution in [2.75, 3.05) is 11.9 Å². The first-order valence-electron chi connectivity index (χ1n) is 9.97. The van der Waals surface area contributed by atoms with Gasteiger partial charge in [-0.05, 0) is 41.8 Å². The molecule has 1 aliphatic rings. The van der Waals surface area contributed by atoms with Crippen molar-refractivity contribution in [1.82, 2.24) is 9.97 Å². The Bertz CT molecular complexity index is 1310. The van der Waals surface area contributed by atoms with Crippen LogP contribution in [0.2, 0.25) is 0 Å². The van der Waals surface area contributed by atoms with E-state index in [1.54, 1.807) is 24.5 Å². The van der Waals surface area contributed by atoms with Crippen LogP contribution in [0.5, 0.6) is 5.75 Å². The number of rotatable bonds is 6. The molecule has 7 heteroatoms. The summed E-state index contributed by atoms with van der Waals surface area (Å²) in [4.78, 5) is 31.0. The van der Waals surface area contributed by atoms with Gasteiger partial charge in [-0.3, -0.25) is 14.6 Å². The molecule has 1 amide bonds. The Labute approximate surface area is 178 Å². The molecule has 2 aromatic heterocycles. The lowest BCUT2D eigenvalue weighted by Gasteiger charge is -2.13. The topological polar surface area (TPSA) is 110 Å². The fraction of sp³-hybridized carbons (Fsp3) is 0.125. The first kappa shape index (κ1) is 19.0.